The topological polar surface area (TPSA) is 56.5 Å². The Kier molecular flexibility index (Phi) is 6.20. The van der Waals surface area contributed by atoms with Crippen LogP contribution in [0.1, 0.15) is 25.0 Å². The molecule has 1 aromatic rings. The predicted molar refractivity (Wildman–Crippen MR) is 71.5 cm³/mol. The van der Waals surface area contributed by atoms with Gasteiger partial charge in [-0.05, 0) is 31.5 Å². The highest BCUT2D eigenvalue weighted by Crippen LogP contribution is 2.21. The van der Waals surface area contributed by atoms with E-state index in [1.54, 1.807) is 6.07 Å². The van der Waals surface area contributed by atoms with E-state index >= 15 is 0 Å². The zero-order chi connectivity index (χ0) is 13.4. The molecule has 0 radical (unpaired) electrons. The first-order valence-electron chi connectivity index (χ1n) is 6.23. The van der Waals surface area contributed by atoms with Gasteiger partial charge >= 0.3 is 0 Å². The molecule has 0 saturated heterocycles. The van der Waals surface area contributed by atoms with Gasteiger partial charge in [-0.1, -0.05) is 6.07 Å². The van der Waals surface area contributed by atoms with Crippen molar-refractivity contribution in [3.05, 3.63) is 29.3 Å². The lowest BCUT2D eigenvalue weighted by Crippen LogP contribution is -2.27. The van der Waals surface area contributed by atoms with E-state index in [4.69, 9.17) is 15.1 Å². The quantitative estimate of drug-likeness (QED) is 0.749. The second kappa shape index (κ2) is 7.70. The Hall–Kier alpha value is -1.57. The molecule has 1 rings (SSSR count). The number of nitriles is 1. The van der Waals surface area contributed by atoms with Crippen molar-refractivity contribution < 1.29 is 9.84 Å². The largest absolute Gasteiger partial charge is 0.392 e. The lowest BCUT2D eigenvalue weighted by Gasteiger charge is -2.24. The number of hydrogen-bond donors (Lipinski definition) is 1. The maximum Gasteiger partial charge on any atom is 0.101 e. The van der Waals surface area contributed by atoms with E-state index in [0.717, 1.165) is 24.3 Å². The summed E-state index contributed by atoms with van der Waals surface area (Å²) in [6.07, 6.45) is 0. The molecule has 98 valence electrons. The van der Waals surface area contributed by atoms with Crippen LogP contribution in [-0.4, -0.2) is 31.4 Å². The minimum absolute atomic E-state index is 0.0416. The van der Waals surface area contributed by atoms with Crippen LogP contribution < -0.4 is 4.90 Å². The standard InChI is InChI=1S/C14H20N2O2/c1-3-16(7-8-18-4-2)14-6-5-12(11-17)9-13(14)10-15/h5-6,9,17H,3-4,7-8,11H2,1-2H3. The second-order valence-electron chi connectivity index (χ2n) is 3.90. The number of hydrogen-bond acceptors (Lipinski definition) is 4. The van der Waals surface area contributed by atoms with Crippen molar-refractivity contribution in [1.29, 1.82) is 5.26 Å². The zero-order valence-electron chi connectivity index (χ0n) is 11.0. The minimum Gasteiger partial charge on any atom is -0.392 e. The van der Waals surface area contributed by atoms with E-state index in [1.807, 2.05) is 26.0 Å². The van der Waals surface area contributed by atoms with Gasteiger partial charge in [0.2, 0.25) is 0 Å². The molecule has 1 N–H and O–H groups in total. The molecular weight excluding hydrogens is 228 g/mol. The molecule has 0 atom stereocenters. The Bertz CT molecular complexity index is 413. The molecule has 0 unspecified atom stereocenters. The van der Waals surface area contributed by atoms with E-state index in [9.17, 15) is 0 Å². The van der Waals surface area contributed by atoms with E-state index in [-0.39, 0.29) is 6.61 Å². The summed E-state index contributed by atoms with van der Waals surface area (Å²) in [6.45, 7) is 6.90. The van der Waals surface area contributed by atoms with Gasteiger partial charge in [-0.25, -0.2) is 0 Å². The van der Waals surface area contributed by atoms with Gasteiger partial charge in [0.1, 0.15) is 6.07 Å². The van der Waals surface area contributed by atoms with Crippen molar-refractivity contribution in [2.45, 2.75) is 20.5 Å². The van der Waals surface area contributed by atoms with Gasteiger partial charge in [-0.3, -0.25) is 0 Å². The summed E-state index contributed by atoms with van der Waals surface area (Å²) in [7, 11) is 0. The third kappa shape index (κ3) is 3.73. The van der Waals surface area contributed by atoms with Gasteiger partial charge in [0, 0.05) is 19.7 Å². The Morgan fingerprint density at radius 3 is 2.72 bits per heavy atom. The number of aliphatic hydroxyl groups is 1. The average molecular weight is 248 g/mol. The molecule has 1 aromatic carbocycles. The summed E-state index contributed by atoms with van der Waals surface area (Å²) in [5, 5.41) is 18.2. The van der Waals surface area contributed by atoms with Gasteiger partial charge < -0.3 is 14.7 Å². The molecule has 0 spiro atoms. The fourth-order valence-electron chi connectivity index (χ4n) is 1.81. The Morgan fingerprint density at radius 1 is 1.39 bits per heavy atom. The van der Waals surface area contributed by atoms with Crippen molar-refractivity contribution in [1.82, 2.24) is 0 Å². The first kappa shape index (κ1) is 14.5. The summed E-state index contributed by atoms with van der Waals surface area (Å²) in [5.74, 6) is 0. The predicted octanol–water partition coefficient (Wildman–Crippen LogP) is 1.91. The van der Waals surface area contributed by atoms with Gasteiger partial charge in [0.15, 0.2) is 0 Å². The fraction of sp³-hybridized carbons (Fsp3) is 0.500. The Labute approximate surface area is 108 Å². The third-order valence-electron chi connectivity index (χ3n) is 2.80. The molecule has 0 amide bonds. The van der Waals surface area contributed by atoms with Gasteiger partial charge in [0.25, 0.3) is 0 Å². The van der Waals surface area contributed by atoms with Gasteiger partial charge in [-0.2, -0.15) is 5.26 Å². The first-order valence-corrected chi connectivity index (χ1v) is 6.23. The summed E-state index contributed by atoms with van der Waals surface area (Å²) in [6, 6.07) is 7.65. The van der Waals surface area contributed by atoms with Crippen molar-refractivity contribution in [2.75, 3.05) is 31.2 Å². The van der Waals surface area contributed by atoms with Crippen molar-refractivity contribution in [3.63, 3.8) is 0 Å². The number of likely N-dealkylation sites (N-methyl/N-ethyl adjacent to an activating group) is 1. The van der Waals surface area contributed by atoms with Crippen LogP contribution in [0.25, 0.3) is 0 Å². The maximum absolute atomic E-state index is 9.16. The molecule has 18 heavy (non-hydrogen) atoms. The number of aliphatic hydroxyl groups excluding tert-OH is 1. The smallest absolute Gasteiger partial charge is 0.101 e. The molecule has 0 aliphatic carbocycles. The van der Waals surface area contributed by atoms with Crippen LogP contribution >= 0.6 is 0 Å². The van der Waals surface area contributed by atoms with Crippen LogP contribution in [0.15, 0.2) is 18.2 Å². The molecule has 0 aromatic heterocycles. The lowest BCUT2D eigenvalue weighted by molar-refractivity contribution is 0.154. The molecule has 0 bridgehead atoms. The normalized spacial score (nSPS) is 10.1. The molecule has 0 heterocycles. The van der Waals surface area contributed by atoms with Gasteiger partial charge in [-0.15, -0.1) is 0 Å². The number of ether oxygens (including phenoxy) is 1. The molecular formula is C14H20N2O2. The van der Waals surface area contributed by atoms with Crippen LogP contribution in [0.2, 0.25) is 0 Å². The minimum atomic E-state index is -0.0416. The Balaban J connectivity index is 2.88. The van der Waals surface area contributed by atoms with Crippen LogP contribution in [0.5, 0.6) is 0 Å². The van der Waals surface area contributed by atoms with Crippen LogP contribution in [0, 0.1) is 11.3 Å². The molecule has 4 nitrogen and oxygen atoms in total. The van der Waals surface area contributed by atoms with Crippen LogP contribution in [0.3, 0.4) is 0 Å². The first-order chi connectivity index (χ1) is 8.76. The highest BCUT2D eigenvalue weighted by atomic mass is 16.5. The van der Waals surface area contributed by atoms with E-state index in [1.165, 1.54) is 0 Å². The number of anilines is 1. The monoisotopic (exact) mass is 248 g/mol. The molecule has 0 aliphatic rings. The fourth-order valence-corrected chi connectivity index (χ4v) is 1.81. The second-order valence-corrected chi connectivity index (χ2v) is 3.90. The third-order valence-corrected chi connectivity index (χ3v) is 2.80. The van der Waals surface area contributed by atoms with E-state index in [0.29, 0.717) is 18.8 Å². The molecule has 0 saturated carbocycles. The van der Waals surface area contributed by atoms with E-state index < -0.39 is 0 Å². The SMILES string of the molecule is CCOCCN(CC)c1ccc(CO)cc1C#N. The summed E-state index contributed by atoms with van der Waals surface area (Å²) < 4.78 is 5.34. The zero-order valence-corrected chi connectivity index (χ0v) is 11.0. The van der Waals surface area contributed by atoms with Crippen molar-refractivity contribution in [3.8, 4) is 6.07 Å². The average Bonchev–Trinajstić information content (AvgIpc) is 2.43. The van der Waals surface area contributed by atoms with Crippen LogP contribution in [0.4, 0.5) is 5.69 Å². The molecule has 4 heteroatoms. The highest BCUT2D eigenvalue weighted by molar-refractivity contribution is 5.60. The van der Waals surface area contributed by atoms with Crippen molar-refractivity contribution in [2.24, 2.45) is 0 Å². The molecule has 0 fully saturated rings. The summed E-state index contributed by atoms with van der Waals surface area (Å²) >= 11 is 0. The number of rotatable bonds is 7. The van der Waals surface area contributed by atoms with Crippen molar-refractivity contribution >= 4 is 5.69 Å². The number of benzene rings is 1. The van der Waals surface area contributed by atoms with E-state index in [2.05, 4.69) is 11.0 Å². The summed E-state index contributed by atoms with van der Waals surface area (Å²) in [5.41, 5.74) is 2.26. The lowest BCUT2D eigenvalue weighted by atomic mass is 10.1. The molecule has 0 aliphatic heterocycles. The maximum atomic E-state index is 9.16. The van der Waals surface area contributed by atoms with Crippen LogP contribution in [-0.2, 0) is 11.3 Å². The number of nitrogens with zero attached hydrogens (tertiary/aromatic N) is 2. The Morgan fingerprint density at radius 2 is 2.17 bits per heavy atom. The summed E-state index contributed by atoms with van der Waals surface area (Å²) in [4.78, 5) is 2.11. The van der Waals surface area contributed by atoms with Gasteiger partial charge in [0.05, 0.1) is 24.5 Å². The highest BCUT2D eigenvalue weighted by Gasteiger charge is 2.10.